The summed E-state index contributed by atoms with van der Waals surface area (Å²) in [5.74, 6) is 1.91. The third-order valence-corrected chi connectivity index (χ3v) is 36.5. The van der Waals surface area contributed by atoms with Crippen LogP contribution in [0.3, 0.4) is 0 Å². The zero-order chi connectivity index (χ0) is 102. The molecule has 0 bridgehead atoms. The molecule has 17 rings (SSSR count). The third-order valence-electron chi connectivity index (χ3n) is 26.1. The van der Waals surface area contributed by atoms with Crippen molar-refractivity contribution >= 4 is 103 Å². The predicted octanol–water partition coefficient (Wildman–Crippen LogP) is 15.7. The Morgan fingerprint density at radius 3 is 0.978 bits per heavy atom. The lowest BCUT2D eigenvalue weighted by Gasteiger charge is -2.41. The Kier molecular flexibility index (Phi) is 40.7. The van der Waals surface area contributed by atoms with Crippen molar-refractivity contribution in [3.05, 3.63) is 174 Å². The van der Waals surface area contributed by atoms with E-state index in [0.717, 1.165) is 181 Å². The van der Waals surface area contributed by atoms with Gasteiger partial charge in [0.15, 0.2) is 39.3 Å². The first kappa shape index (κ1) is 115. The van der Waals surface area contributed by atoms with Crippen LogP contribution in [-0.4, -0.2) is 264 Å². The summed E-state index contributed by atoms with van der Waals surface area (Å²) >= 11 is 6.56. The highest BCUT2D eigenvalue weighted by atomic mass is 79.9. The maximum Gasteiger partial charge on any atom is 0.416 e. The van der Waals surface area contributed by atoms with E-state index in [9.17, 15) is 78.0 Å². The van der Waals surface area contributed by atoms with Crippen LogP contribution in [0.1, 0.15) is 172 Å². The molecule has 29 nitrogen and oxygen atoms in total. The summed E-state index contributed by atoms with van der Waals surface area (Å²) in [5.41, 5.74) is -2.22. The van der Waals surface area contributed by atoms with Crippen molar-refractivity contribution in [2.45, 2.75) is 263 Å². The second-order valence-electron chi connectivity index (χ2n) is 38.9. The topological polar surface area (TPSA) is 355 Å². The zero-order valence-electron chi connectivity index (χ0n) is 80.5. The first-order valence-corrected chi connectivity index (χ1v) is 57.8. The number of nitrogens with zero attached hydrogens (tertiary/aromatic N) is 4. The Bertz CT molecular complexity index is 5420. The van der Waals surface area contributed by atoms with Gasteiger partial charge in [0.25, 0.3) is 9.05 Å². The molecule has 12 aliphatic rings. The minimum atomic E-state index is -4.54. The molecule has 5 spiro atoms. The van der Waals surface area contributed by atoms with Crippen LogP contribution in [0.4, 0.5) is 35.9 Å². The molecule has 4 unspecified atom stereocenters. The Morgan fingerprint density at radius 2 is 0.719 bits per heavy atom. The fourth-order valence-corrected chi connectivity index (χ4v) is 24.6. The Hall–Kier alpha value is -5.82. The van der Waals surface area contributed by atoms with Gasteiger partial charge < -0.3 is 53.2 Å². The standard InChI is InChI=1S/C19H25F3N2O5S.C19H28N2O3S.C17H24N2O3S.C14H20N2O3S.C12H22N2O3.C7H4ClF3O2S.C5H9Br.C3H5Br/c1-17(2,3)29-16(25)24-10-8-18(9-11-24)23-15(12-28-18)30(26,27)14-6-4-13(5-7-14)19(20,21)22;1-15-5-7-17(8-6-15)25(22,23)18-14-24-19(20-18)9-11-21(12-10-19)13-16-3-2-4-16;1-3-10-19-11-8-17(9-12-19)18-16(13-22-17)23(20,21)15-6-4-14(2)5-7-15;1-11-2-4-12(5-3-11)20(17,18)13-10-19-14(16-13)6-8-15-9-7-14;1-11(2,3)17-10(15)14-7-4-12(5-8-14)13-6-9-16-12;8-14(12,13)6-3-1-5(2-4-6)7(9,10)11;6-4-5-2-1-3-5;1-2-3-4/h4-7,15,23H,8-12H2,1-3H3;5-8,16,18,20H,2-4,9-14H2,1H3;3-7,16,18H,1,8-13H2,2H3;2-5,13,15-16H,6-10H2,1H3;13H,4-9H2,1-3H3;1-4H;5H,1-4H2;2H,1,3H2. The SMILES string of the molecule is BrCC1CCC1.C=CCBr.C=CCN1CCC2(CC1)NC(S(=O)(=O)c1ccc(C)cc1)CO2.CC(C)(C)OC(=O)N1CCC2(CC1)NC(S(=O)(=O)c1ccc(C(F)(F)F)cc1)CO2.CC(C)(C)OC(=O)N1CCC2(CC1)NCCO2.Cc1ccc(S(=O)(=O)C2COC3(CCN(CC4CCC4)CC3)N2)cc1.Cc1ccc(S(=O)(=O)C2COC3(CCNCC3)N2)cc1.O=S(=O)(Cl)c1ccc(C(F)(F)F)cc1. The molecule has 6 N–H and O–H groups in total. The fourth-order valence-electron chi connectivity index (χ4n) is 17.3. The highest BCUT2D eigenvalue weighted by molar-refractivity contribution is 9.09. The fraction of sp³-hybridized carbons (Fsp3) is 0.625. The quantitative estimate of drug-likeness (QED) is 0.0245. The van der Waals surface area contributed by atoms with Crippen LogP contribution in [0.5, 0.6) is 0 Å². The maximum atomic E-state index is 12.9. The summed E-state index contributed by atoms with van der Waals surface area (Å²) in [5, 5.41) is 18.5. The highest BCUT2D eigenvalue weighted by Crippen LogP contribution is 2.40. The number of rotatable bonds is 15. The number of likely N-dealkylation sites (tertiary alicyclic amines) is 4. The second-order valence-corrected chi connectivity index (χ2v) is 51.3. The number of halogens is 9. The summed E-state index contributed by atoms with van der Waals surface area (Å²) in [6, 6.07) is 27.4. The number of amides is 2. The van der Waals surface area contributed by atoms with Gasteiger partial charge in [-0.15, -0.1) is 13.2 Å². The van der Waals surface area contributed by atoms with Gasteiger partial charge >= 0.3 is 24.5 Å². The summed E-state index contributed by atoms with van der Waals surface area (Å²) in [7, 11) is -13.2. The summed E-state index contributed by atoms with van der Waals surface area (Å²) in [6.07, 6.45) is 9.84. The molecule has 2 aliphatic carbocycles. The van der Waals surface area contributed by atoms with E-state index in [1.807, 2.05) is 84.0 Å². The Morgan fingerprint density at radius 1 is 0.424 bits per heavy atom. The van der Waals surface area contributed by atoms with Gasteiger partial charge in [0, 0.05) is 158 Å². The number of hydrogen-bond acceptors (Lipinski definition) is 27. The van der Waals surface area contributed by atoms with Gasteiger partial charge in [-0.2, -0.15) is 26.3 Å². The zero-order valence-corrected chi connectivity index (χ0v) is 88.5. The van der Waals surface area contributed by atoms with Crippen molar-refractivity contribution < 1.29 is 111 Å². The number of hydrogen-bond donors (Lipinski definition) is 6. The average molecular weight is 2200 g/mol. The van der Waals surface area contributed by atoms with Crippen LogP contribution in [0.15, 0.2) is 171 Å². The summed E-state index contributed by atoms with van der Waals surface area (Å²) in [6.45, 7) is 35.8. The molecule has 10 heterocycles. The number of allylic oxidation sites excluding steroid dienone is 1. The largest absolute Gasteiger partial charge is 0.444 e. The van der Waals surface area contributed by atoms with Gasteiger partial charge in [-0.3, -0.25) is 31.5 Å². The van der Waals surface area contributed by atoms with Gasteiger partial charge in [-0.25, -0.2) is 51.7 Å². The lowest BCUT2D eigenvalue weighted by molar-refractivity contribution is -0.138. The van der Waals surface area contributed by atoms with Gasteiger partial charge in [0.05, 0.1) is 68.6 Å². The number of nitrogens with one attached hydrogen (secondary N) is 6. The highest BCUT2D eigenvalue weighted by Gasteiger charge is 2.52. The van der Waals surface area contributed by atoms with Gasteiger partial charge in [0.1, 0.15) is 61.3 Å². The van der Waals surface area contributed by atoms with Crippen LogP contribution in [-0.2, 0) is 93.9 Å². The number of alkyl halides is 8. The van der Waals surface area contributed by atoms with E-state index in [4.69, 9.17) is 43.8 Å². The van der Waals surface area contributed by atoms with Crippen LogP contribution >= 0.6 is 42.5 Å². The van der Waals surface area contributed by atoms with E-state index in [2.05, 4.69) is 86.7 Å². The molecule has 43 heteroatoms. The first-order chi connectivity index (χ1) is 65.1. The lowest BCUT2D eigenvalue weighted by atomic mass is 9.84. The van der Waals surface area contributed by atoms with Crippen molar-refractivity contribution in [2.24, 2.45) is 11.8 Å². The van der Waals surface area contributed by atoms with Gasteiger partial charge in [-0.05, 0) is 198 Å². The molecular formula is C96H137Br2ClF6N10O19S5. The smallest absolute Gasteiger partial charge is 0.416 e. The maximum absolute atomic E-state index is 12.9. The minimum absolute atomic E-state index is 0.129. The number of ether oxygens (including phenoxy) is 7. The number of carbonyl (C=O) groups excluding carboxylic acids is 2. The number of aryl methyl sites for hydroxylation is 3. The van der Waals surface area contributed by atoms with Crippen LogP contribution in [0.2, 0.25) is 0 Å². The van der Waals surface area contributed by atoms with Crippen molar-refractivity contribution in [3.63, 3.8) is 0 Å². The van der Waals surface area contributed by atoms with Crippen molar-refractivity contribution in [1.82, 2.24) is 51.5 Å². The molecule has 2 saturated carbocycles. The molecule has 5 aromatic carbocycles. The first-order valence-electron chi connectivity index (χ1n) is 47.1. The molecule has 4 atom stereocenters. The number of benzene rings is 5. The van der Waals surface area contributed by atoms with Crippen molar-refractivity contribution in [3.8, 4) is 0 Å². The molecule has 139 heavy (non-hydrogen) atoms. The number of sulfone groups is 4. The Labute approximate surface area is 837 Å². The minimum Gasteiger partial charge on any atom is -0.444 e. The van der Waals surface area contributed by atoms with E-state index in [1.54, 1.807) is 73.0 Å². The molecule has 0 radical (unpaired) electrons. The van der Waals surface area contributed by atoms with E-state index in [-0.39, 0.29) is 48.0 Å². The molecule has 5 aromatic rings. The van der Waals surface area contributed by atoms with E-state index >= 15 is 0 Å². The molecule has 10 aliphatic heterocycles. The van der Waals surface area contributed by atoms with Crippen molar-refractivity contribution in [1.29, 1.82) is 0 Å². The molecule has 778 valence electrons. The van der Waals surface area contributed by atoms with Crippen LogP contribution in [0.25, 0.3) is 0 Å². The van der Waals surface area contributed by atoms with Gasteiger partial charge in [-0.1, -0.05) is 110 Å². The molecular weight excluding hydrogens is 2070 g/mol. The third kappa shape index (κ3) is 32.8. The monoisotopic (exact) mass is 2200 g/mol. The van der Waals surface area contributed by atoms with E-state index in [1.165, 1.54) is 50.4 Å². The molecule has 2 amide bonds. The molecule has 10 saturated heterocycles. The van der Waals surface area contributed by atoms with Crippen LogP contribution < -0.4 is 31.9 Å². The summed E-state index contributed by atoms with van der Waals surface area (Å²) in [4.78, 5) is 32.7. The van der Waals surface area contributed by atoms with Crippen molar-refractivity contribution in [2.75, 3.05) is 129 Å². The Balaban J connectivity index is 0.000000170. The normalized spacial score (nSPS) is 23.0. The average Bonchev–Trinajstić information content (AvgIpc) is 1.64. The molecule has 12 fully saturated rings. The summed E-state index contributed by atoms with van der Waals surface area (Å²) < 4.78 is 238. The second kappa shape index (κ2) is 49.1. The van der Waals surface area contributed by atoms with Crippen LogP contribution in [0, 0.1) is 32.6 Å². The predicted molar refractivity (Wildman–Crippen MR) is 528 cm³/mol. The number of carbonyl (C=O) groups is 2. The van der Waals surface area contributed by atoms with E-state index in [0.29, 0.717) is 65.8 Å². The number of piperidine rings is 5. The van der Waals surface area contributed by atoms with Gasteiger partial charge in [0.2, 0.25) is 0 Å². The lowest BCUT2D eigenvalue weighted by Crippen LogP contribution is -2.55. The molecule has 0 aromatic heterocycles. The van der Waals surface area contributed by atoms with E-state index < -0.39 is 134 Å².